The molecule has 0 heterocycles. The molecule has 21 heavy (non-hydrogen) atoms. The van der Waals surface area contributed by atoms with Gasteiger partial charge in [0.05, 0.1) is 0 Å². The van der Waals surface area contributed by atoms with Crippen molar-refractivity contribution in [3.8, 4) is 0 Å². The fourth-order valence-electron chi connectivity index (χ4n) is 3.04. The molecule has 0 spiro atoms. The van der Waals surface area contributed by atoms with E-state index in [2.05, 4.69) is 79.8 Å². The van der Waals surface area contributed by atoms with Gasteiger partial charge in [-0.1, -0.05) is 30.3 Å². The molecule has 2 aromatic rings. The molecule has 0 amide bonds. The molecule has 2 nitrogen and oxygen atoms in total. The number of aryl methyl sites for hydroxylation is 1. The smallest absolute Gasteiger partial charge is 0.0373 e. The third-order valence-corrected chi connectivity index (χ3v) is 4.50. The fraction of sp³-hybridized carbons (Fsp3) is 0.368. The summed E-state index contributed by atoms with van der Waals surface area (Å²) in [5.41, 5.74) is 5.34. The van der Waals surface area contributed by atoms with Crippen molar-refractivity contribution in [1.29, 1.82) is 0 Å². The van der Waals surface area contributed by atoms with Gasteiger partial charge in [-0.2, -0.15) is 0 Å². The van der Waals surface area contributed by atoms with Gasteiger partial charge in [-0.15, -0.1) is 0 Å². The van der Waals surface area contributed by atoms with Gasteiger partial charge < -0.3 is 10.2 Å². The molecule has 0 saturated heterocycles. The lowest BCUT2D eigenvalue weighted by atomic mass is 9.76. The van der Waals surface area contributed by atoms with Gasteiger partial charge in [-0.3, -0.25) is 0 Å². The van der Waals surface area contributed by atoms with Gasteiger partial charge in [-0.05, 0) is 55.0 Å². The maximum Gasteiger partial charge on any atom is 0.0373 e. The molecule has 2 heteroatoms. The Labute approximate surface area is 127 Å². The van der Waals surface area contributed by atoms with Crippen LogP contribution in [0.15, 0.2) is 48.5 Å². The van der Waals surface area contributed by atoms with Gasteiger partial charge in [0.2, 0.25) is 0 Å². The van der Waals surface area contributed by atoms with Crippen molar-refractivity contribution in [2.24, 2.45) is 0 Å². The highest BCUT2D eigenvalue weighted by Crippen LogP contribution is 2.38. The minimum absolute atomic E-state index is 0.610. The summed E-state index contributed by atoms with van der Waals surface area (Å²) >= 11 is 0. The summed E-state index contributed by atoms with van der Waals surface area (Å²) in [5.74, 6) is 0.727. The lowest BCUT2D eigenvalue weighted by Gasteiger charge is -2.37. The maximum atomic E-state index is 3.69. The molecule has 0 unspecified atom stereocenters. The molecular weight excluding hydrogens is 256 g/mol. The molecule has 0 radical (unpaired) electrons. The van der Waals surface area contributed by atoms with E-state index in [-0.39, 0.29) is 0 Å². The van der Waals surface area contributed by atoms with Crippen molar-refractivity contribution in [3.63, 3.8) is 0 Å². The largest absolute Gasteiger partial charge is 0.382 e. The van der Waals surface area contributed by atoms with Crippen LogP contribution in [0.25, 0.3) is 0 Å². The lowest BCUT2D eigenvalue weighted by molar-refractivity contribution is 0.374. The minimum atomic E-state index is 0.610. The summed E-state index contributed by atoms with van der Waals surface area (Å²) < 4.78 is 0. The monoisotopic (exact) mass is 280 g/mol. The van der Waals surface area contributed by atoms with E-state index in [1.165, 1.54) is 35.3 Å². The number of nitrogens with one attached hydrogen (secondary N) is 1. The molecule has 1 aliphatic rings. The first-order valence-electron chi connectivity index (χ1n) is 7.73. The van der Waals surface area contributed by atoms with E-state index in [9.17, 15) is 0 Å². The Morgan fingerprint density at radius 3 is 2.33 bits per heavy atom. The van der Waals surface area contributed by atoms with E-state index in [0.717, 1.165) is 5.92 Å². The summed E-state index contributed by atoms with van der Waals surface area (Å²) in [5, 5.41) is 3.69. The van der Waals surface area contributed by atoms with Crippen molar-refractivity contribution in [1.82, 2.24) is 0 Å². The van der Waals surface area contributed by atoms with Crippen LogP contribution in [-0.4, -0.2) is 20.1 Å². The highest BCUT2D eigenvalue weighted by molar-refractivity contribution is 5.60. The van der Waals surface area contributed by atoms with Gasteiger partial charge in [0.15, 0.2) is 0 Å². The molecule has 3 rings (SSSR count). The summed E-state index contributed by atoms with van der Waals surface area (Å²) in [6, 6.07) is 18.1. The van der Waals surface area contributed by atoms with Gasteiger partial charge >= 0.3 is 0 Å². The van der Waals surface area contributed by atoms with Crippen LogP contribution < -0.4 is 10.2 Å². The second-order valence-electron chi connectivity index (χ2n) is 6.31. The van der Waals surface area contributed by atoms with Crippen molar-refractivity contribution in [2.75, 3.05) is 24.3 Å². The van der Waals surface area contributed by atoms with Crippen LogP contribution in [0, 0.1) is 6.92 Å². The summed E-state index contributed by atoms with van der Waals surface area (Å²) in [6.07, 6.45) is 2.47. The third kappa shape index (κ3) is 3.05. The lowest BCUT2D eigenvalue weighted by Crippen LogP contribution is -2.34. The summed E-state index contributed by atoms with van der Waals surface area (Å²) in [6.45, 7) is 2.18. The number of hydrogen-bond acceptors (Lipinski definition) is 2. The zero-order valence-corrected chi connectivity index (χ0v) is 13.1. The second kappa shape index (κ2) is 5.80. The molecule has 110 valence electrons. The summed E-state index contributed by atoms with van der Waals surface area (Å²) in [4.78, 5) is 2.14. The highest BCUT2D eigenvalue weighted by atomic mass is 15.1. The van der Waals surface area contributed by atoms with Crippen LogP contribution in [-0.2, 0) is 0 Å². The Bertz CT molecular complexity index is 598. The third-order valence-electron chi connectivity index (χ3n) is 4.50. The molecule has 0 bridgehead atoms. The van der Waals surface area contributed by atoms with Gasteiger partial charge in [0.25, 0.3) is 0 Å². The van der Waals surface area contributed by atoms with Crippen molar-refractivity contribution >= 4 is 11.4 Å². The molecule has 1 saturated carbocycles. The quantitative estimate of drug-likeness (QED) is 0.892. The fourth-order valence-corrected chi connectivity index (χ4v) is 3.04. The standard InChI is InChI=1S/C19H24N2/c1-14-11-18(21(2)3)9-10-19(14)20-17-12-16(13-17)15-7-5-4-6-8-15/h4-11,16-17,20H,12-13H2,1-3H3. The van der Waals surface area contributed by atoms with E-state index >= 15 is 0 Å². The van der Waals surface area contributed by atoms with E-state index < -0.39 is 0 Å². The minimum Gasteiger partial charge on any atom is -0.382 e. The molecule has 2 aromatic carbocycles. The van der Waals surface area contributed by atoms with Crippen LogP contribution in [0.4, 0.5) is 11.4 Å². The van der Waals surface area contributed by atoms with Gasteiger partial charge in [0.1, 0.15) is 0 Å². The first-order valence-corrected chi connectivity index (χ1v) is 7.73. The average Bonchev–Trinajstić information content (AvgIpc) is 2.44. The predicted molar refractivity (Wildman–Crippen MR) is 91.3 cm³/mol. The molecular formula is C19H24N2. The SMILES string of the molecule is Cc1cc(N(C)C)ccc1NC1CC(c2ccccc2)C1. The molecule has 1 N–H and O–H groups in total. The first kappa shape index (κ1) is 14.0. The number of hydrogen-bond donors (Lipinski definition) is 1. The number of nitrogens with zero attached hydrogens (tertiary/aromatic N) is 1. The van der Waals surface area contributed by atoms with E-state index in [1.54, 1.807) is 0 Å². The molecule has 1 fully saturated rings. The van der Waals surface area contributed by atoms with Crippen LogP contribution in [0.5, 0.6) is 0 Å². The number of rotatable bonds is 4. The zero-order valence-electron chi connectivity index (χ0n) is 13.1. The Morgan fingerprint density at radius 2 is 1.71 bits per heavy atom. The van der Waals surface area contributed by atoms with Crippen LogP contribution in [0.2, 0.25) is 0 Å². The number of benzene rings is 2. The van der Waals surface area contributed by atoms with Crippen molar-refractivity contribution in [3.05, 3.63) is 59.7 Å². The Hall–Kier alpha value is -1.96. The zero-order chi connectivity index (χ0) is 14.8. The topological polar surface area (TPSA) is 15.3 Å². The molecule has 0 aromatic heterocycles. The van der Waals surface area contributed by atoms with Crippen molar-refractivity contribution < 1.29 is 0 Å². The van der Waals surface area contributed by atoms with Crippen LogP contribution in [0.3, 0.4) is 0 Å². The van der Waals surface area contributed by atoms with E-state index in [4.69, 9.17) is 0 Å². The van der Waals surface area contributed by atoms with E-state index in [0.29, 0.717) is 6.04 Å². The Kier molecular flexibility index (Phi) is 3.87. The molecule has 1 aliphatic carbocycles. The average molecular weight is 280 g/mol. The van der Waals surface area contributed by atoms with Crippen LogP contribution in [0.1, 0.15) is 29.9 Å². The molecule has 0 aliphatic heterocycles. The molecule has 0 atom stereocenters. The van der Waals surface area contributed by atoms with Gasteiger partial charge in [0, 0.05) is 31.5 Å². The van der Waals surface area contributed by atoms with E-state index in [1.807, 2.05) is 0 Å². The Balaban J connectivity index is 1.60. The van der Waals surface area contributed by atoms with Crippen LogP contribution >= 0.6 is 0 Å². The summed E-state index contributed by atoms with van der Waals surface area (Å²) in [7, 11) is 4.16. The number of anilines is 2. The first-order chi connectivity index (χ1) is 10.1. The highest BCUT2D eigenvalue weighted by Gasteiger charge is 2.30. The normalized spacial score (nSPS) is 20.7. The van der Waals surface area contributed by atoms with Gasteiger partial charge in [-0.25, -0.2) is 0 Å². The Morgan fingerprint density at radius 1 is 1.00 bits per heavy atom. The maximum absolute atomic E-state index is 3.69. The second-order valence-corrected chi connectivity index (χ2v) is 6.31. The predicted octanol–water partition coefficient (Wildman–Crippen LogP) is 4.42. The van der Waals surface area contributed by atoms with Crippen molar-refractivity contribution in [2.45, 2.75) is 31.7 Å².